The molecule has 1 aromatic carbocycles. The number of nitrogens with one attached hydrogen (secondary N) is 2. The molecule has 12 heteroatoms. The molecular formula is C36H46N4O8. The number of allylic oxidation sites excluding steroid dienone is 1. The number of carbonyl (C=O) groups excluding carboxylic acids is 3. The number of pyridine rings is 1. The number of hydrogen-bond acceptors (Lipinski definition) is 8. The van der Waals surface area contributed by atoms with E-state index in [1.807, 2.05) is 44.2 Å². The Morgan fingerprint density at radius 2 is 1.92 bits per heavy atom. The predicted molar refractivity (Wildman–Crippen MR) is 177 cm³/mol. The molecule has 1 aromatic heterocycles. The predicted octanol–water partition coefficient (Wildman–Crippen LogP) is 4.81. The smallest absolute Gasteiger partial charge is 0.407 e. The number of carboxylic acid groups (broad SMARTS) is 1. The van der Waals surface area contributed by atoms with E-state index in [0.717, 1.165) is 61.4 Å². The van der Waals surface area contributed by atoms with Crippen LogP contribution in [0.3, 0.4) is 0 Å². The summed E-state index contributed by atoms with van der Waals surface area (Å²) in [6.07, 6.45) is 9.66. The van der Waals surface area contributed by atoms with Gasteiger partial charge in [0, 0.05) is 36.3 Å². The van der Waals surface area contributed by atoms with Crippen LogP contribution in [0, 0.1) is 12.8 Å². The summed E-state index contributed by atoms with van der Waals surface area (Å²) in [6.45, 7) is 4.36. The van der Waals surface area contributed by atoms with E-state index in [1.54, 1.807) is 6.07 Å². The molecule has 12 nitrogen and oxygen atoms in total. The highest BCUT2D eigenvalue weighted by atomic mass is 16.6. The summed E-state index contributed by atoms with van der Waals surface area (Å²) < 4.78 is 17.9. The number of aromatic nitrogens is 1. The molecule has 1 saturated heterocycles. The molecule has 6 rings (SSSR count). The molecule has 2 aromatic rings. The van der Waals surface area contributed by atoms with Crippen LogP contribution in [0.15, 0.2) is 36.4 Å². The van der Waals surface area contributed by atoms with Crippen molar-refractivity contribution in [3.63, 3.8) is 0 Å². The molecule has 2 saturated carbocycles. The Bertz CT molecular complexity index is 1570. The maximum atomic E-state index is 14.1. The van der Waals surface area contributed by atoms with Crippen LogP contribution in [0.25, 0.3) is 10.9 Å². The minimum Gasteiger partial charge on any atom is -0.488 e. The number of rotatable bonds is 7. The van der Waals surface area contributed by atoms with Gasteiger partial charge in [-0.3, -0.25) is 9.59 Å². The molecule has 0 spiro atoms. The maximum Gasteiger partial charge on any atom is 0.407 e. The molecule has 3 amide bonds. The van der Waals surface area contributed by atoms with E-state index in [1.165, 1.54) is 4.90 Å². The molecule has 48 heavy (non-hydrogen) atoms. The lowest BCUT2D eigenvalue weighted by atomic mass is 10.0. The first-order valence-electron chi connectivity index (χ1n) is 17.4. The fraction of sp³-hybridized carbons (Fsp3) is 0.583. The van der Waals surface area contributed by atoms with Gasteiger partial charge in [0.1, 0.15) is 29.5 Å². The van der Waals surface area contributed by atoms with Crippen LogP contribution in [0.1, 0.15) is 83.1 Å². The number of alkyl carbamates (subject to hydrolysis) is 1. The van der Waals surface area contributed by atoms with Crippen molar-refractivity contribution in [3.05, 3.63) is 42.0 Å². The highest BCUT2D eigenvalue weighted by molar-refractivity contribution is 5.95. The molecule has 2 aliphatic carbocycles. The molecule has 258 valence electrons. The van der Waals surface area contributed by atoms with Crippen molar-refractivity contribution in [2.24, 2.45) is 5.92 Å². The Hall–Kier alpha value is -4.35. The molecule has 3 heterocycles. The minimum atomic E-state index is -1.40. The SMILES string of the molecule is CCOc1cc(O[C@@H]2C[C@H]3C(=O)N[C@]4(C(=O)O)C[C@H]4/C=C\CCCC[C@H](NC(=O)OC4CCCC4)CC(=O)N3C2)c2cccc(C)c2n1. The average molecular weight is 663 g/mol. The molecular weight excluding hydrogens is 616 g/mol. The summed E-state index contributed by atoms with van der Waals surface area (Å²) in [5, 5.41) is 16.6. The minimum absolute atomic E-state index is 0.0231. The first kappa shape index (κ1) is 33.5. The molecule has 3 N–H and O–H groups in total. The number of amides is 3. The summed E-state index contributed by atoms with van der Waals surface area (Å²) in [6, 6.07) is 6.06. The highest BCUT2D eigenvalue weighted by Crippen LogP contribution is 2.45. The number of aryl methyl sites for hydroxylation is 1. The quantitative estimate of drug-likeness (QED) is 0.354. The van der Waals surface area contributed by atoms with Crippen molar-refractivity contribution in [2.75, 3.05) is 13.2 Å². The van der Waals surface area contributed by atoms with Crippen molar-refractivity contribution in [1.82, 2.24) is 20.5 Å². The zero-order valence-corrected chi connectivity index (χ0v) is 27.7. The van der Waals surface area contributed by atoms with E-state index in [9.17, 15) is 24.3 Å². The summed E-state index contributed by atoms with van der Waals surface area (Å²) in [5.74, 6) is -1.33. The lowest BCUT2D eigenvalue weighted by Crippen LogP contribution is -2.53. The Morgan fingerprint density at radius 3 is 2.69 bits per heavy atom. The van der Waals surface area contributed by atoms with Crippen molar-refractivity contribution in [2.45, 2.75) is 114 Å². The lowest BCUT2D eigenvalue weighted by Gasteiger charge is -2.27. The number of carbonyl (C=O) groups is 4. The normalized spacial score (nSPS) is 28.8. The second-order valence-electron chi connectivity index (χ2n) is 13.5. The number of para-hydroxylation sites is 1. The van der Waals surface area contributed by atoms with Crippen molar-refractivity contribution < 1.29 is 38.5 Å². The number of fused-ring (bicyclic) bond motifs is 3. The third kappa shape index (κ3) is 7.37. The van der Waals surface area contributed by atoms with Crippen LogP contribution in [0.4, 0.5) is 4.79 Å². The zero-order valence-electron chi connectivity index (χ0n) is 27.7. The Balaban J connectivity index is 1.26. The number of hydrogen-bond donors (Lipinski definition) is 3. The van der Waals surface area contributed by atoms with Crippen LogP contribution in [-0.4, -0.2) is 81.8 Å². The van der Waals surface area contributed by atoms with Crippen molar-refractivity contribution >= 4 is 34.8 Å². The first-order valence-corrected chi connectivity index (χ1v) is 17.4. The van der Waals surface area contributed by atoms with E-state index >= 15 is 0 Å². The molecule has 2 aliphatic heterocycles. The Morgan fingerprint density at radius 1 is 1.12 bits per heavy atom. The van der Waals surface area contributed by atoms with Gasteiger partial charge in [0.15, 0.2) is 0 Å². The standard InChI is InChI=1S/C36H46N4O8/c1-3-46-30-19-29(27-16-10-11-22(2)32(27)38-30)47-26-18-28-33(42)39-36(34(43)44)20-23(36)12-6-4-5-7-13-24(17-31(41)40(28)21-26)37-35(45)48-25-14-8-9-15-25/h6,10-12,16,19,23-26,28H,3-5,7-9,13-15,17-18,20-21H2,1-2H3,(H,37,45)(H,39,42)(H,43,44)/b12-6-/t23-,24+,26-,28+,36-/m1/s1. The summed E-state index contributed by atoms with van der Waals surface area (Å²) in [4.78, 5) is 59.3. The third-order valence-electron chi connectivity index (χ3n) is 10.1. The van der Waals surface area contributed by atoms with Gasteiger partial charge in [-0.05, 0) is 76.8 Å². The van der Waals surface area contributed by atoms with Crippen LogP contribution in [-0.2, 0) is 19.1 Å². The number of benzene rings is 1. The van der Waals surface area contributed by atoms with Crippen molar-refractivity contribution in [1.29, 1.82) is 0 Å². The van der Waals surface area contributed by atoms with Crippen LogP contribution >= 0.6 is 0 Å². The fourth-order valence-electron chi connectivity index (χ4n) is 7.34. The van der Waals surface area contributed by atoms with Crippen LogP contribution < -0.4 is 20.1 Å². The van der Waals surface area contributed by atoms with Crippen LogP contribution in [0.2, 0.25) is 0 Å². The second-order valence-corrected chi connectivity index (χ2v) is 13.5. The topological polar surface area (TPSA) is 156 Å². The first-order chi connectivity index (χ1) is 23.2. The second kappa shape index (κ2) is 14.4. The zero-order chi connectivity index (χ0) is 33.8. The molecule has 0 radical (unpaired) electrons. The summed E-state index contributed by atoms with van der Waals surface area (Å²) >= 11 is 0. The highest BCUT2D eigenvalue weighted by Gasteiger charge is 2.61. The van der Waals surface area contributed by atoms with Gasteiger partial charge >= 0.3 is 12.1 Å². The maximum absolute atomic E-state index is 14.1. The number of ether oxygens (including phenoxy) is 3. The van der Waals surface area contributed by atoms with Gasteiger partial charge in [-0.15, -0.1) is 0 Å². The lowest BCUT2D eigenvalue weighted by molar-refractivity contribution is -0.145. The number of nitrogens with zero attached hydrogens (tertiary/aromatic N) is 2. The van der Waals surface area contributed by atoms with Gasteiger partial charge in [-0.25, -0.2) is 14.6 Å². The third-order valence-corrected chi connectivity index (χ3v) is 10.1. The summed E-state index contributed by atoms with van der Waals surface area (Å²) in [7, 11) is 0. The largest absolute Gasteiger partial charge is 0.488 e. The van der Waals surface area contributed by atoms with E-state index in [2.05, 4.69) is 15.6 Å². The molecule has 3 fully saturated rings. The summed E-state index contributed by atoms with van der Waals surface area (Å²) in [5.41, 5.74) is 0.278. The molecule has 0 bridgehead atoms. The molecule has 0 unspecified atom stereocenters. The van der Waals surface area contributed by atoms with Gasteiger partial charge in [-0.1, -0.05) is 30.7 Å². The van der Waals surface area contributed by atoms with E-state index in [-0.39, 0.29) is 37.3 Å². The van der Waals surface area contributed by atoms with Gasteiger partial charge in [0.2, 0.25) is 17.7 Å². The van der Waals surface area contributed by atoms with Crippen LogP contribution in [0.5, 0.6) is 11.6 Å². The molecule has 5 atom stereocenters. The monoisotopic (exact) mass is 662 g/mol. The van der Waals surface area contributed by atoms with Gasteiger partial charge in [0.25, 0.3) is 0 Å². The van der Waals surface area contributed by atoms with Gasteiger partial charge in [-0.2, -0.15) is 0 Å². The van der Waals surface area contributed by atoms with Gasteiger partial charge in [0.05, 0.1) is 18.7 Å². The van der Waals surface area contributed by atoms with E-state index < -0.39 is 41.7 Å². The number of aliphatic carboxylic acids is 1. The van der Waals surface area contributed by atoms with E-state index in [0.29, 0.717) is 31.1 Å². The number of carboxylic acids is 1. The Kier molecular flexibility index (Phi) is 10.1. The van der Waals surface area contributed by atoms with E-state index in [4.69, 9.17) is 14.2 Å². The fourth-order valence-corrected chi connectivity index (χ4v) is 7.34. The van der Waals surface area contributed by atoms with Crippen molar-refractivity contribution in [3.8, 4) is 11.6 Å². The molecule has 4 aliphatic rings. The Labute approximate surface area is 280 Å². The van der Waals surface area contributed by atoms with Gasteiger partial charge < -0.3 is 34.9 Å². The average Bonchev–Trinajstić information content (AvgIpc) is 3.33.